The lowest BCUT2D eigenvalue weighted by Gasteiger charge is -2.40. The van der Waals surface area contributed by atoms with Gasteiger partial charge in [-0.05, 0) is 122 Å². The number of piperazine rings is 1. The quantitative estimate of drug-likeness (QED) is 0.0724. The van der Waals surface area contributed by atoms with Crippen LogP contribution in [0.2, 0.25) is 5.02 Å². The molecule has 1 aromatic heterocycles. The number of nitro groups is 1. The van der Waals surface area contributed by atoms with Gasteiger partial charge in [0.15, 0.2) is 0 Å². The van der Waals surface area contributed by atoms with E-state index in [1.807, 2.05) is 23.1 Å². The molecule has 15 heteroatoms. The minimum absolute atomic E-state index is 0.115. The van der Waals surface area contributed by atoms with Crippen molar-refractivity contribution in [2.75, 3.05) is 56.6 Å². The number of H-pyrrole nitrogens is 1. The molecular weight excluding hydrogens is 840 g/mol. The Hall–Kier alpha value is -5.41. The maximum absolute atomic E-state index is 14.6. The lowest BCUT2D eigenvalue weighted by molar-refractivity contribution is -0.384. The highest BCUT2D eigenvalue weighted by atomic mass is 35.5. The van der Waals surface area contributed by atoms with E-state index in [4.69, 9.17) is 21.1 Å². The second-order valence-corrected chi connectivity index (χ2v) is 19.9. The number of aromatic nitrogens is 1. The molecule has 0 spiro atoms. The van der Waals surface area contributed by atoms with E-state index in [0.29, 0.717) is 43.4 Å². The number of aromatic amines is 1. The summed E-state index contributed by atoms with van der Waals surface area (Å²) in [4.78, 5) is 33.4. The Labute approximate surface area is 374 Å². The molecule has 0 unspecified atom stereocenters. The lowest BCUT2D eigenvalue weighted by atomic mass is 9.72. The third-order valence-corrected chi connectivity index (χ3v) is 14.5. The molecule has 1 saturated carbocycles. The zero-order valence-corrected chi connectivity index (χ0v) is 37.6. The fourth-order valence-electron chi connectivity index (χ4n) is 9.25. The number of carbonyl (C=O) groups excluding carboxylic acids is 1. The van der Waals surface area contributed by atoms with E-state index in [1.54, 1.807) is 49.7 Å². The van der Waals surface area contributed by atoms with Crippen LogP contribution in [-0.4, -0.2) is 81.6 Å². The number of methoxy groups -OCH3 is 1. The molecule has 2 heterocycles. The molecule has 1 saturated heterocycles. The molecule has 0 atom stereocenters. The topological polar surface area (TPSA) is 159 Å². The van der Waals surface area contributed by atoms with Crippen LogP contribution < -0.4 is 19.7 Å². The summed E-state index contributed by atoms with van der Waals surface area (Å²) in [6.45, 7) is 8.04. The summed E-state index contributed by atoms with van der Waals surface area (Å²) in [6.07, 6.45) is 8.45. The molecular formula is C48H55ClN6O7S. The first-order valence-electron chi connectivity index (χ1n) is 21.7. The molecule has 1 aliphatic heterocycles. The van der Waals surface area contributed by atoms with Crippen molar-refractivity contribution >= 4 is 61.1 Å². The molecule has 3 aliphatic rings. The molecule has 63 heavy (non-hydrogen) atoms. The van der Waals surface area contributed by atoms with Crippen LogP contribution in [0.4, 0.5) is 17.1 Å². The Kier molecular flexibility index (Phi) is 13.2. The van der Waals surface area contributed by atoms with Crippen LogP contribution in [0.25, 0.3) is 16.5 Å². The number of halogens is 1. The maximum Gasteiger partial charge on any atom is 0.338 e. The number of fused-ring (bicyclic) bond motifs is 1. The van der Waals surface area contributed by atoms with E-state index < -0.39 is 37.2 Å². The zero-order chi connectivity index (χ0) is 44.3. The van der Waals surface area contributed by atoms with Gasteiger partial charge in [-0.2, -0.15) is 0 Å². The third-order valence-electron chi connectivity index (χ3n) is 12.9. The van der Waals surface area contributed by atoms with E-state index in [2.05, 4.69) is 45.9 Å². The van der Waals surface area contributed by atoms with E-state index in [1.165, 1.54) is 34.9 Å². The molecule has 2 aliphatic carbocycles. The second kappa shape index (κ2) is 18.7. The minimum atomic E-state index is -4.77. The van der Waals surface area contributed by atoms with Gasteiger partial charge in [0, 0.05) is 74.1 Å². The first-order chi connectivity index (χ1) is 30.3. The highest BCUT2D eigenvalue weighted by molar-refractivity contribution is 7.90. The van der Waals surface area contributed by atoms with E-state index in [0.717, 1.165) is 62.4 Å². The van der Waals surface area contributed by atoms with E-state index in [9.17, 15) is 23.3 Å². The number of sulfonamides is 1. The number of carbonyl (C=O) groups is 1. The van der Waals surface area contributed by atoms with Crippen molar-refractivity contribution < 1.29 is 27.6 Å². The van der Waals surface area contributed by atoms with Crippen LogP contribution in [0.15, 0.2) is 102 Å². The number of rotatable bonds is 14. The number of ether oxygens (including phenoxy) is 2. The van der Waals surface area contributed by atoms with Crippen molar-refractivity contribution in [1.82, 2.24) is 14.6 Å². The fourth-order valence-corrected chi connectivity index (χ4v) is 10.5. The number of nitrogens with one attached hydrogen (secondary N) is 3. The SMILES string of the molecule is COC1CCC(CNc2c(N3CCN(CC4=C(c5ccc(Cl)cc5)CC(C)(C)CC4)CC3)cc(S(=O)(=O)NC(=O)c3ccccc3)c(Oc3ccc4[nH]ccc4c3)c2[N+](=O)[O-])CC1. The maximum atomic E-state index is 14.6. The average Bonchev–Trinajstić information content (AvgIpc) is 3.75. The predicted octanol–water partition coefficient (Wildman–Crippen LogP) is 10.0. The van der Waals surface area contributed by atoms with Crippen molar-refractivity contribution in [2.45, 2.75) is 69.8 Å². The first kappa shape index (κ1) is 44.2. The van der Waals surface area contributed by atoms with Crippen molar-refractivity contribution in [2.24, 2.45) is 11.3 Å². The van der Waals surface area contributed by atoms with Gasteiger partial charge in [0.25, 0.3) is 15.9 Å². The van der Waals surface area contributed by atoms with Crippen molar-refractivity contribution in [3.8, 4) is 11.5 Å². The normalized spacial score (nSPS) is 19.5. The number of amides is 1. The smallest absolute Gasteiger partial charge is 0.338 e. The average molecular weight is 896 g/mol. The summed E-state index contributed by atoms with van der Waals surface area (Å²) < 4.78 is 43.3. The van der Waals surface area contributed by atoms with Crippen LogP contribution in [0.3, 0.4) is 0 Å². The minimum Gasteiger partial charge on any atom is -0.449 e. The summed E-state index contributed by atoms with van der Waals surface area (Å²) in [6, 6.07) is 24.4. The summed E-state index contributed by atoms with van der Waals surface area (Å²) in [5.74, 6) is -0.962. The lowest BCUT2D eigenvalue weighted by Crippen LogP contribution is -2.47. The van der Waals surface area contributed by atoms with E-state index >= 15 is 0 Å². The van der Waals surface area contributed by atoms with Gasteiger partial charge in [-0.15, -0.1) is 0 Å². The largest absolute Gasteiger partial charge is 0.449 e. The van der Waals surface area contributed by atoms with Gasteiger partial charge in [-0.25, -0.2) is 13.1 Å². The monoisotopic (exact) mass is 894 g/mol. The molecule has 2 fully saturated rings. The number of nitrogens with zero attached hydrogens (tertiary/aromatic N) is 3. The predicted molar refractivity (Wildman–Crippen MR) is 248 cm³/mol. The van der Waals surface area contributed by atoms with Gasteiger partial charge < -0.3 is 24.7 Å². The van der Waals surface area contributed by atoms with Crippen LogP contribution >= 0.6 is 11.6 Å². The Balaban J connectivity index is 1.17. The number of hydrogen-bond donors (Lipinski definition) is 3. The van der Waals surface area contributed by atoms with Gasteiger partial charge in [-0.1, -0.05) is 61.4 Å². The molecule has 0 bridgehead atoms. The third kappa shape index (κ3) is 10.2. The van der Waals surface area contributed by atoms with Crippen molar-refractivity contribution in [3.05, 3.63) is 123 Å². The number of anilines is 2. The Morgan fingerprint density at radius 3 is 2.40 bits per heavy atom. The summed E-state index contributed by atoms with van der Waals surface area (Å²) in [5, 5.41) is 18.4. The van der Waals surface area contributed by atoms with Gasteiger partial charge in [-0.3, -0.25) is 19.8 Å². The molecule has 8 rings (SSSR count). The Morgan fingerprint density at radius 1 is 0.968 bits per heavy atom. The number of allylic oxidation sites excluding steroid dienone is 1. The highest BCUT2D eigenvalue weighted by Crippen LogP contribution is 2.49. The number of benzene rings is 4. The van der Waals surface area contributed by atoms with E-state index in [-0.39, 0.29) is 34.4 Å². The summed E-state index contributed by atoms with van der Waals surface area (Å²) in [5.41, 5.74) is 5.03. The number of nitro benzene ring substituents is 1. The van der Waals surface area contributed by atoms with Gasteiger partial charge >= 0.3 is 5.69 Å². The highest BCUT2D eigenvalue weighted by Gasteiger charge is 2.38. The molecule has 5 aromatic rings. The molecule has 332 valence electrons. The fraction of sp³-hybridized carbons (Fsp3) is 0.396. The van der Waals surface area contributed by atoms with Crippen molar-refractivity contribution in [1.29, 1.82) is 0 Å². The summed E-state index contributed by atoms with van der Waals surface area (Å²) >= 11 is 6.28. The van der Waals surface area contributed by atoms with Crippen LogP contribution in [0.1, 0.15) is 74.7 Å². The molecule has 0 radical (unpaired) electrons. The van der Waals surface area contributed by atoms with Crippen LogP contribution in [0, 0.1) is 21.4 Å². The molecule has 4 aromatic carbocycles. The second-order valence-electron chi connectivity index (χ2n) is 17.8. The summed E-state index contributed by atoms with van der Waals surface area (Å²) in [7, 11) is -3.05. The van der Waals surface area contributed by atoms with Gasteiger partial charge in [0.05, 0.1) is 16.7 Å². The van der Waals surface area contributed by atoms with Gasteiger partial charge in [0.2, 0.25) is 5.75 Å². The van der Waals surface area contributed by atoms with Crippen LogP contribution in [-0.2, 0) is 14.8 Å². The standard InChI is InChI=1S/C48H55ClN6O7S/c1-48(2)21-19-36(40(29-48)33-11-13-37(49)14-12-33)31-53-23-25-54(26-24-53)42-28-43(63(59,60)52-47(56)34-7-5-4-6-8-34)46(62-39-17-18-41-35(27-39)20-22-50-41)45(55(57)58)44(42)51-30-32-9-15-38(61-3)16-10-32/h4-8,11-14,17-18,20,22,27-28,32,38,50-51H,9-10,15-16,19,21,23-26,29-31H2,1-3H3,(H,52,56). The Bertz CT molecular complexity index is 2600. The molecule has 3 N–H and O–H groups in total. The number of hydrogen-bond acceptors (Lipinski definition) is 10. The molecule has 13 nitrogen and oxygen atoms in total. The van der Waals surface area contributed by atoms with Crippen molar-refractivity contribution in [3.63, 3.8) is 0 Å². The zero-order valence-electron chi connectivity index (χ0n) is 36.0. The van der Waals surface area contributed by atoms with Gasteiger partial charge in [0.1, 0.15) is 16.3 Å². The first-order valence-corrected chi connectivity index (χ1v) is 23.6. The Morgan fingerprint density at radius 2 is 1.70 bits per heavy atom. The molecule has 1 amide bonds. The van der Waals surface area contributed by atoms with Crippen LogP contribution in [0.5, 0.6) is 11.5 Å².